The van der Waals surface area contributed by atoms with Crippen LogP contribution in [0.1, 0.15) is 20.8 Å². The first-order valence-electron chi connectivity index (χ1n) is 5.70. The number of benzene rings is 1. The van der Waals surface area contributed by atoms with Crippen molar-refractivity contribution in [1.29, 1.82) is 5.26 Å². The summed E-state index contributed by atoms with van der Waals surface area (Å²) in [5.74, 6) is -0.0382. The molecule has 0 spiro atoms. The Hall–Kier alpha value is -1.16. The van der Waals surface area contributed by atoms with Crippen LogP contribution >= 0.6 is 43.2 Å². The SMILES string of the molecule is CN(Cc1cccc(C#N)c1)C(=O)c1cc(Br)c(Br)s1. The van der Waals surface area contributed by atoms with Crippen LogP contribution in [-0.4, -0.2) is 17.9 Å². The van der Waals surface area contributed by atoms with Crippen LogP contribution < -0.4 is 0 Å². The number of carbonyl (C=O) groups is 1. The Labute approximate surface area is 138 Å². The summed E-state index contributed by atoms with van der Waals surface area (Å²) in [6.45, 7) is 0.474. The lowest BCUT2D eigenvalue weighted by Gasteiger charge is -2.16. The zero-order valence-electron chi connectivity index (χ0n) is 10.6. The van der Waals surface area contributed by atoms with Gasteiger partial charge in [-0.05, 0) is 55.6 Å². The van der Waals surface area contributed by atoms with E-state index in [4.69, 9.17) is 5.26 Å². The molecule has 0 radical (unpaired) electrons. The highest BCUT2D eigenvalue weighted by Gasteiger charge is 2.16. The number of hydrogen-bond acceptors (Lipinski definition) is 3. The van der Waals surface area contributed by atoms with Crippen molar-refractivity contribution in [1.82, 2.24) is 4.90 Å². The van der Waals surface area contributed by atoms with Crippen molar-refractivity contribution in [2.75, 3.05) is 7.05 Å². The van der Waals surface area contributed by atoms with Gasteiger partial charge in [0.25, 0.3) is 5.91 Å². The summed E-state index contributed by atoms with van der Waals surface area (Å²) in [5, 5.41) is 8.88. The molecule has 102 valence electrons. The normalized spacial score (nSPS) is 10.1. The third kappa shape index (κ3) is 3.48. The number of nitrogens with zero attached hydrogens (tertiary/aromatic N) is 2. The standard InChI is InChI=1S/C14H10Br2N2OS/c1-18(8-10-4-2-3-9(5-10)7-17)14(19)12-6-11(15)13(16)20-12/h2-6H,8H2,1H3. The summed E-state index contributed by atoms with van der Waals surface area (Å²) in [6.07, 6.45) is 0. The molecule has 3 nitrogen and oxygen atoms in total. The fraction of sp³-hybridized carbons (Fsp3) is 0.143. The Bertz CT molecular complexity index is 671. The second kappa shape index (κ2) is 6.53. The van der Waals surface area contributed by atoms with Gasteiger partial charge in [-0.1, -0.05) is 12.1 Å². The molecular weight excluding hydrogens is 404 g/mol. The summed E-state index contributed by atoms with van der Waals surface area (Å²) in [4.78, 5) is 14.6. The zero-order chi connectivity index (χ0) is 14.7. The number of nitriles is 1. The van der Waals surface area contributed by atoms with Crippen LogP contribution in [0.3, 0.4) is 0 Å². The van der Waals surface area contributed by atoms with E-state index < -0.39 is 0 Å². The fourth-order valence-electron chi connectivity index (χ4n) is 1.72. The predicted molar refractivity (Wildman–Crippen MR) is 86.7 cm³/mol. The van der Waals surface area contributed by atoms with Crippen LogP contribution in [0.4, 0.5) is 0 Å². The van der Waals surface area contributed by atoms with Gasteiger partial charge in [0.05, 0.1) is 20.3 Å². The number of amides is 1. The monoisotopic (exact) mass is 412 g/mol. The third-order valence-electron chi connectivity index (χ3n) is 2.68. The predicted octanol–water partition coefficient (Wildman–Crippen LogP) is 4.42. The van der Waals surface area contributed by atoms with Crippen LogP contribution in [0.25, 0.3) is 0 Å². The van der Waals surface area contributed by atoms with E-state index in [1.54, 1.807) is 30.1 Å². The van der Waals surface area contributed by atoms with Gasteiger partial charge < -0.3 is 4.90 Å². The molecule has 1 aromatic carbocycles. The molecule has 0 aliphatic rings. The van der Waals surface area contributed by atoms with Crippen LogP contribution in [0.5, 0.6) is 0 Å². The van der Waals surface area contributed by atoms with Crippen molar-refractivity contribution in [2.24, 2.45) is 0 Å². The quantitative estimate of drug-likeness (QED) is 0.747. The molecule has 0 bridgehead atoms. The van der Waals surface area contributed by atoms with Crippen LogP contribution in [0.15, 0.2) is 38.6 Å². The summed E-state index contributed by atoms with van der Waals surface area (Å²) < 4.78 is 1.78. The first-order chi connectivity index (χ1) is 9.51. The molecule has 1 amide bonds. The Morgan fingerprint density at radius 3 is 2.75 bits per heavy atom. The van der Waals surface area contributed by atoms with E-state index in [2.05, 4.69) is 37.9 Å². The molecule has 0 aliphatic carbocycles. The summed E-state index contributed by atoms with van der Waals surface area (Å²) in [5.41, 5.74) is 1.54. The van der Waals surface area contributed by atoms with E-state index in [0.29, 0.717) is 17.0 Å². The van der Waals surface area contributed by atoms with E-state index in [-0.39, 0.29) is 5.91 Å². The second-order valence-corrected chi connectivity index (χ2v) is 7.43. The molecule has 0 N–H and O–H groups in total. The number of carbonyl (C=O) groups excluding carboxylic acids is 1. The maximum atomic E-state index is 12.3. The smallest absolute Gasteiger partial charge is 0.264 e. The number of hydrogen-bond donors (Lipinski definition) is 0. The topological polar surface area (TPSA) is 44.1 Å². The van der Waals surface area contributed by atoms with Gasteiger partial charge in [0, 0.05) is 18.1 Å². The highest BCUT2D eigenvalue weighted by atomic mass is 79.9. The molecule has 0 saturated heterocycles. The van der Waals surface area contributed by atoms with Crippen molar-refractivity contribution < 1.29 is 4.79 Å². The minimum atomic E-state index is -0.0382. The minimum Gasteiger partial charge on any atom is -0.337 e. The van der Waals surface area contributed by atoms with E-state index in [1.165, 1.54) is 11.3 Å². The van der Waals surface area contributed by atoms with E-state index in [0.717, 1.165) is 13.8 Å². The summed E-state index contributed by atoms with van der Waals surface area (Å²) in [7, 11) is 1.75. The number of halogens is 2. The molecule has 0 saturated carbocycles. The molecular formula is C14H10Br2N2OS. The van der Waals surface area contributed by atoms with E-state index in [1.807, 2.05) is 12.1 Å². The van der Waals surface area contributed by atoms with Gasteiger partial charge in [-0.2, -0.15) is 5.26 Å². The Morgan fingerprint density at radius 2 is 2.15 bits per heavy atom. The van der Waals surface area contributed by atoms with Gasteiger partial charge in [0.1, 0.15) is 0 Å². The van der Waals surface area contributed by atoms with Gasteiger partial charge in [-0.25, -0.2) is 0 Å². The van der Waals surface area contributed by atoms with E-state index in [9.17, 15) is 4.79 Å². The second-order valence-electron chi connectivity index (χ2n) is 4.21. The molecule has 1 heterocycles. The molecule has 2 rings (SSSR count). The average Bonchev–Trinajstić information content (AvgIpc) is 2.78. The van der Waals surface area contributed by atoms with Crippen molar-refractivity contribution in [3.63, 3.8) is 0 Å². The van der Waals surface area contributed by atoms with E-state index >= 15 is 0 Å². The molecule has 0 aliphatic heterocycles. The van der Waals surface area contributed by atoms with Gasteiger partial charge in [0.15, 0.2) is 0 Å². The maximum absolute atomic E-state index is 12.3. The lowest BCUT2D eigenvalue weighted by atomic mass is 10.1. The third-order valence-corrected chi connectivity index (χ3v) is 5.92. The summed E-state index contributed by atoms with van der Waals surface area (Å²) >= 11 is 8.16. The largest absolute Gasteiger partial charge is 0.337 e. The van der Waals surface area contributed by atoms with Crippen LogP contribution in [-0.2, 0) is 6.54 Å². The van der Waals surface area contributed by atoms with Gasteiger partial charge in [0.2, 0.25) is 0 Å². The number of thiophene rings is 1. The Balaban J connectivity index is 2.13. The maximum Gasteiger partial charge on any atom is 0.264 e. The highest BCUT2D eigenvalue weighted by molar-refractivity contribution is 9.13. The first kappa shape index (κ1) is 15.2. The lowest BCUT2D eigenvalue weighted by Crippen LogP contribution is -2.25. The minimum absolute atomic E-state index is 0.0382. The van der Waals surface area contributed by atoms with Crippen molar-refractivity contribution in [3.8, 4) is 6.07 Å². The van der Waals surface area contributed by atoms with Crippen molar-refractivity contribution >= 4 is 49.1 Å². The lowest BCUT2D eigenvalue weighted by molar-refractivity contribution is 0.0790. The molecule has 2 aromatic rings. The molecule has 0 atom stereocenters. The first-order valence-corrected chi connectivity index (χ1v) is 8.11. The molecule has 0 fully saturated rings. The molecule has 6 heteroatoms. The molecule has 1 aromatic heterocycles. The number of rotatable bonds is 3. The highest BCUT2D eigenvalue weighted by Crippen LogP contribution is 2.33. The van der Waals surface area contributed by atoms with Gasteiger partial charge in [-0.3, -0.25) is 4.79 Å². The van der Waals surface area contributed by atoms with Gasteiger partial charge in [-0.15, -0.1) is 11.3 Å². The van der Waals surface area contributed by atoms with Crippen molar-refractivity contribution in [2.45, 2.75) is 6.54 Å². The molecule has 20 heavy (non-hydrogen) atoms. The van der Waals surface area contributed by atoms with Crippen LogP contribution in [0, 0.1) is 11.3 Å². The van der Waals surface area contributed by atoms with Crippen LogP contribution in [0.2, 0.25) is 0 Å². The Kier molecular flexibility index (Phi) is 4.97. The molecule has 0 unspecified atom stereocenters. The van der Waals surface area contributed by atoms with Crippen molar-refractivity contribution in [3.05, 3.63) is 54.6 Å². The van der Waals surface area contributed by atoms with Gasteiger partial charge >= 0.3 is 0 Å². The Morgan fingerprint density at radius 1 is 1.40 bits per heavy atom. The fourth-order valence-corrected chi connectivity index (χ4v) is 3.76. The summed E-state index contributed by atoms with van der Waals surface area (Å²) in [6, 6.07) is 11.2. The average molecular weight is 414 g/mol. The zero-order valence-corrected chi connectivity index (χ0v) is 14.5.